The van der Waals surface area contributed by atoms with E-state index in [1.165, 1.54) is 11.8 Å². The number of carbonyl (C=O) groups excluding carboxylic acids is 1. The fourth-order valence-corrected chi connectivity index (χ4v) is 3.42. The molecule has 0 aliphatic heterocycles. The summed E-state index contributed by atoms with van der Waals surface area (Å²) < 4.78 is 5.66. The number of nitrogens with zero attached hydrogens (tertiary/aromatic N) is 2. The zero-order valence-corrected chi connectivity index (χ0v) is 16.6. The largest absolute Gasteiger partial charge is 0.411 e. The Morgan fingerprint density at radius 3 is 2.41 bits per heavy atom. The number of nitrogens with one attached hydrogen (secondary N) is 1. The Bertz CT molecular complexity index is 1110. The summed E-state index contributed by atoms with van der Waals surface area (Å²) in [5.41, 5.74) is 4.82. The van der Waals surface area contributed by atoms with Crippen molar-refractivity contribution in [3.05, 3.63) is 84.4 Å². The van der Waals surface area contributed by atoms with Gasteiger partial charge in [0.25, 0.3) is 5.22 Å². The maximum absolute atomic E-state index is 12.5. The Morgan fingerprint density at radius 2 is 1.62 bits per heavy atom. The first kappa shape index (κ1) is 19.0. The number of aromatic nitrogens is 2. The third kappa shape index (κ3) is 4.73. The molecule has 0 fully saturated rings. The third-order valence-electron chi connectivity index (χ3n) is 4.32. The first-order chi connectivity index (χ1) is 14.2. The zero-order valence-electron chi connectivity index (χ0n) is 15.8. The summed E-state index contributed by atoms with van der Waals surface area (Å²) in [6.45, 7) is 2.02. The lowest BCUT2D eigenvalue weighted by molar-refractivity contribution is -0.113. The fourth-order valence-electron chi connectivity index (χ4n) is 2.86. The lowest BCUT2D eigenvalue weighted by atomic mass is 10.0. The Labute approximate surface area is 173 Å². The normalized spacial score (nSPS) is 10.7. The second kappa shape index (κ2) is 8.75. The van der Waals surface area contributed by atoms with Crippen molar-refractivity contribution in [3.8, 4) is 22.6 Å². The van der Waals surface area contributed by atoms with Crippen LogP contribution in [0.1, 0.15) is 5.56 Å². The van der Waals surface area contributed by atoms with Crippen LogP contribution in [0.5, 0.6) is 0 Å². The molecule has 4 rings (SSSR count). The van der Waals surface area contributed by atoms with Crippen LogP contribution in [0, 0.1) is 6.92 Å². The predicted octanol–water partition coefficient (Wildman–Crippen LogP) is 5.44. The minimum atomic E-state index is -0.131. The number of hydrogen-bond donors (Lipinski definition) is 1. The first-order valence-corrected chi connectivity index (χ1v) is 10.2. The van der Waals surface area contributed by atoms with E-state index in [9.17, 15) is 4.79 Å². The number of anilines is 1. The van der Waals surface area contributed by atoms with Crippen molar-refractivity contribution >= 4 is 23.4 Å². The highest BCUT2D eigenvalue weighted by molar-refractivity contribution is 7.99. The number of rotatable bonds is 6. The van der Waals surface area contributed by atoms with E-state index >= 15 is 0 Å². The smallest absolute Gasteiger partial charge is 0.277 e. The second-order valence-electron chi connectivity index (χ2n) is 6.49. The fraction of sp³-hybridized carbons (Fsp3) is 0.0870. The number of carbonyl (C=O) groups is 1. The van der Waals surface area contributed by atoms with Crippen LogP contribution in [-0.2, 0) is 4.79 Å². The van der Waals surface area contributed by atoms with Gasteiger partial charge in [0.2, 0.25) is 11.8 Å². The van der Waals surface area contributed by atoms with Crippen molar-refractivity contribution in [2.45, 2.75) is 12.1 Å². The van der Waals surface area contributed by atoms with E-state index in [0.29, 0.717) is 11.1 Å². The first-order valence-electron chi connectivity index (χ1n) is 9.17. The molecule has 0 atom stereocenters. The molecule has 0 bridgehead atoms. The molecule has 29 heavy (non-hydrogen) atoms. The maximum atomic E-state index is 12.5. The van der Waals surface area contributed by atoms with Crippen molar-refractivity contribution < 1.29 is 9.21 Å². The van der Waals surface area contributed by atoms with Gasteiger partial charge in [0.15, 0.2) is 0 Å². The van der Waals surface area contributed by atoms with Gasteiger partial charge in [0.05, 0.1) is 5.75 Å². The molecule has 0 saturated carbocycles. The summed E-state index contributed by atoms with van der Waals surface area (Å²) in [6, 6.07) is 25.6. The Kier molecular flexibility index (Phi) is 5.72. The van der Waals surface area contributed by atoms with Gasteiger partial charge in [-0.2, -0.15) is 0 Å². The molecular formula is C23H19N3O2S. The Morgan fingerprint density at radius 1 is 0.897 bits per heavy atom. The van der Waals surface area contributed by atoms with Crippen LogP contribution in [0.3, 0.4) is 0 Å². The average molecular weight is 401 g/mol. The molecule has 0 aliphatic rings. The van der Waals surface area contributed by atoms with Crippen LogP contribution in [0.2, 0.25) is 0 Å². The quantitative estimate of drug-likeness (QED) is 0.436. The molecule has 4 aromatic rings. The van der Waals surface area contributed by atoms with Gasteiger partial charge in [-0.3, -0.25) is 4.79 Å². The van der Waals surface area contributed by atoms with Gasteiger partial charge in [0, 0.05) is 16.8 Å². The molecule has 6 heteroatoms. The Balaban J connectivity index is 1.40. The highest BCUT2D eigenvalue weighted by Crippen LogP contribution is 2.28. The molecule has 0 saturated heterocycles. The van der Waals surface area contributed by atoms with Crippen LogP contribution in [0.15, 0.2) is 88.5 Å². The molecular weight excluding hydrogens is 382 g/mol. The molecule has 0 unspecified atom stereocenters. The predicted molar refractivity (Wildman–Crippen MR) is 116 cm³/mol. The molecule has 0 aliphatic carbocycles. The standard InChI is InChI=1S/C23H19N3O2S/c1-16-11-13-18(14-12-16)22-25-26-23(28-22)29-15-21(27)24-20-10-6-5-9-19(20)17-7-3-2-4-8-17/h2-14H,15H2,1H3,(H,24,27). The third-order valence-corrected chi connectivity index (χ3v) is 5.14. The van der Waals surface area contributed by atoms with Gasteiger partial charge in [-0.1, -0.05) is 78.0 Å². The SMILES string of the molecule is Cc1ccc(-c2nnc(SCC(=O)Nc3ccccc3-c3ccccc3)o2)cc1. The number of hydrogen-bond acceptors (Lipinski definition) is 5. The van der Waals surface area contributed by atoms with Gasteiger partial charge in [-0.25, -0.2) is 0 Å². The molecule has 5 nitrogen and oxygen atoms in total. The summed E-state index contributed by atoms with van der Waals surface area (Å²) in [5, 5.41) is 11.4. The summed E-state index contributed by atoms with van der Waals surface area (Å²) in [6.07, 6.45) is 0. The van der Waals surface area contributed by atoms with Crippen LogP contribution in [0.25, 0.3) is 22.6 Å². The van der Waals surface area contributed by atoms with E-state index in [4.69, 9.17) is 4.42 Å². The van der Waals surface area contributed by atoms with Crippen LogP contribution in [0.4, 0.5) is 5.69 Å². The second-order valence-corrected chi connectivity index (χ2v) is 7.41. The van der Waals surface area contributed by atoms with E-state index in [-0.39, 0.29) is 11.7 Å². The molecule has 0 spiro atoms. The van der Waals surface area contributed by atoms with Gasteiger partial charge in [-0.15, -0.1) is 10.2 Å². The van der Waals surface area contributed by atoms with Gasteiger partial charge in [0.1, 0.15) is 0 Å². The molecule has 1 amide bonds. The summed E-state index contributed by atoms with van der Waals surface area (Å²) >= 11 is 1.22. The maximum Gasteiger partial charge on any atom is 0.277 e. The van der Waals surface area contributed by atoms with Gasteiger partial charge < -0.3 is 9.73 Å². The molecule has 1 aromatic heterocycles. The number of benzene rings is 3. The minimum Gasteiger partial charge on any atom is -0.411 e. The van der Waals surface area contributed by atoms with Crippen LogP contribution >= 0.6 is 11.8 Å². The van der Waals surface area contributed by atoms with E-state index in [0.717, 1.165) is 27.9 Å². The number of para-hydroxylation sites is 1. The molecule has 144 valence electrons. The van der Waals surface area contributed by atoms with E-state index in [2.05, 4.69) is 15.5 Å². The van der Waals surface area contributed by atoms with Gasteiger partial charge in [-0.05, 0) is 30.7 Å². The monoisotopic (exact) mass is 401 g/mol. The zero-order chi connectivity index (χ0) is 20.1. The molecule has 1 heterocycles. The number of amides is 1. The molecule has 3 aromatic carbocycles. The lowest BCUT2D eigenvalue weighted by Crippen LogP contribution is -2.14. The van der Waals surface area contributed by atoms with Crippen molar-refractivity contribution in [1.29, 1.82) is 0 Å². The van der Waals surface area contributed by atoms with Crippen molar-refractivity contribution in [2.75, 3.05) is 11.1 Å². The van der Waals surface area contributed by atoms with E-state index in [1.807, 2.05) is 85.8 Å². The average Bonchev–Trinajstić information content (AvgIpc) is 3.23. The topological polar surface area (TPSA) is 68.0 Å². The van der Waals surface area contributed by atoms with E-state index < -0.39 is 0 Å². The highest BCUT2D eigenvalue weighted by Gasteiger charge is 2.13. The van der Waals surface area contributed by atoms with Crippen LogP contribution in [-0.4, -0.2) is 21.9 Å². The minimum absolute atomic E-state index is 0.131. The van der Waals surface area contributed by atoms with E-state index in [1.54, 1.807) is 0 Å². The molecule has 1 N–H and O–H groups in total. The summed E-state index contributed by atoms with van der Waals surface area (Å²) in [4.78, 5) is 12.5. The summed E-state index contributed by atoms with van der Waals surface area (Å²) in [7, 11) is 0. The lowest BCUT2D eigenvalue weighted by Gasteiger charge is -2.10. The highest BCUT2D eigenvalue weighted by atomic mass is 32.2. The van der Waals surface area contributed by atoms with Crippen molar-refractivity contribution in [2.24, 2.45) is 0 Å². The van der Waals surface area contributed by atoms with Gasteiger partial charge >= 0.3 is 0 Å². The van der Waals surface area contributed by atoms with Crippen molar-refractivity contribution in [1.82, 2.24) is 10.2 Å². The van der Waals surface area contributed by atoms with Crippen molar-refractivity contribution in [3.63, 3.8) is 0 Å². The van der Waals surface area contributed by atoms with Crippen LogP contribution < -0.4 is 5.32 Å². The number of aryl methyl sites for hydroxylation is 1. The molecule has 0 radical (unpaired) electrons. The number of thioether (sulfide) groups is 1. The Hall–Kier alpha value is -3.38. The summed E-state index contributed by atoms with van der Waals surface area (Å²) in [5.74, 6) is 0.495.